The van der Waals surface area contributed by atoms with Crippen molar-refractivity contribution >= 4 is 137 Å². The molecule has 0 fully saturated rings. The van der Waals surface area contributed by atoms with E-state index in [0.29, 0.717) is 5.69 Å². The standard InChI is InChI=1S/C73H41N5O2/c1-74-67-72(75-54-31-13-5-23-44(54)45-24-6-14-32-55(45)75)70(77-58-35-17-9-27-48(58)50-39-41-62-65(68(50)77)52-29-11-19-37-60(52)79-62)64(43-21-3-2-4-22-43)71(73(67)76-56-33-15-7-25-46(56)47-26-8-16-34-57(47)76)78-59-36-18-10-28-49(59)51-40-42-63-66(69(51)78)53-30-12-20-38-61(53)80-63/h2-42H. The van der Waals surface area contributed by atoms with E-state index in [2.05, 4.69) is 255 Å². The fraction of sp³-hybridized carbons (Fsp3) is 0. The van der Waals surface area contributed by atoms with Crippen LogP contribution >= 0.6 is 0 Å². The monoisotopic (exact) mass is 1020 g/mol. The van der Waals surface area contributed by atoms with E-state index in [-0.39, 0.29) is 0 Å². The van der Waals surface area contributed by atoms with Crippen LogP contribution in [0.2, 0.25) is 0 Å². The number of para-hydroxylation sites is 8. The fourth-order valence-electron chi connectivity index (χ4n) is 13.9. The van der Waals surface area contributed by atoms with Gasteiger partial charge in [0.25, 0.3) is 0 Å². The van der Waals surface area contributed by atoms with E-state index >= 15 is 0 Å². The lowest BCUT2D eigenvalue weighted by molar-refractivity contribution is 0.669. The van der Waals surface area contributed by atoms with Gasteiger partial charge in [0, 0.05) is 59.4 Å². The predicted molar refractivity (Wildman–Crippen MR) is 330 cm³/mol. The van der Waals surface area contributed by atoms with Crippen LogP contribution in [0, 0.1) is 6.57 Å². The number of furan rings is 2. The van der Waals surface area contributed by atoms with E-state index in [1.54, 1.807) is 0 Å². The molecule has 0 amide bonds. The van der Waals surface area contributed by atoms with Crippen LogP contribution in [0.5, 0.6) is 0 Å². The molecule has 0 saturated carbocycles. The molecule has 7 heteroatoms. The summed E-state index contributed by atoms with van der Waals surface area (Å²) in [5, 5.41) is 12.7. The number of rotatable bonds is 5. The maximum Gasteiger partial charge on any atom is 0.238 e. The van der Waals surface area contributed by atoms with Gasteiger partial charge in [0.15, 0.2) is 0 Å². The molecule has 0 aliphatic rings. The van der Waals surface area contributed by atoms with E-state index in [4.69, 9.17) is 13.7 Å². The second-order valence-corrected chi connectivity index (χ2v) is 20.9. The molecule has 0 aliphatic carbocycles. The number of hydrogen-bond donors (Lipinski definition) is 0. The maximum atomic E-state index is 10.2. The smallest absolute Gasteiger partial charge is 0.238 e. The van der Waals surface area contributed by atoms with Crippen LogP contribution in [0.1, 0.15) is 0 Å². The van der Waals surface area contributed by atoms with E-state index in [9.17, 15) is 6.57 Å². The third kappa shape index (κ3) is 5.55. The molecule has 80 heavy (non-hydrogen) atoms. The van der Waals surface area contributed by atoms with Gasteiger partial charge in [-0.1, -0.05) is 176 Å². The lowest BCUT2D eigenvalue weighted by atomic mass is 9.95. The van der Waals surface area contributed by atoms with Crippen molar-refractivity contribution in [3.05, 3.63) is 260 Å². The first kappa shape index (κ1) is 43.1. The Balaban J connectivity index is 1.22. The normalized spacial score (nSPS) is 12.2. The Bertz CT molecular complexity index is 5320. The molecule has 370 valence electrons. The second-order valence-electron chi connectivity index (χ2n) is 20.9. The van der Waals surface area contributed by atoms with Gasteiger partial charge in [0.05, 0.1) is 84.2 Å². The number of aromatic nitrogens is 4. The van der Waals surface area contributed by atoms with E-state index in [1.165, 1.54) is 0 Å². The van der Waals surface area contributed by atoms with Crippen molar-refractivity contribution in [3.63, 3.8) is 0 Å². The van der Waals surface area contributed by atoms with Gasteiger partial charge >= 0.3 is 0 Å². The van der Waals surface area contributed by atoms with Crippen molar-refractivity contribution in [3.8, 4) is 33.9 Å². The van der Waals surface area contributed by atoms with Crippen molar-refractivity contribution in [2.75, 3.05) is 0 Å². The first-order valence-electron chi connectivity index (χ1n) is 27.0. The molecule has 6 aromatic heterocycles. The quantitative estimate of drug-likeness (QED) is 0.161. The predicted octanol–water partition coefficient (Wildman–Crippen LogP) is 20.1. The highest BCUT2D eigenvalue weighted by molar-refractivity contribution is 6.28. The first-order valence-corrected chi connectivity index (χ1v) is 27.0. The van der Waals surface area contributed by atoms with Gasteiger partial charge < -0.3 is 27.1 Å². The maximum absolute atomic E-state index is 10.2. The summed E-state index contributed by atoms with van der Waals surface area (Å²) in [4.78, 5) is 5.05. The summed E-state index contributed by atoms with van der Waals surface area (Å²) in [6.07, 6.45) is 0. The SMILES string of the molecule is [C-]#[N+]c1c(-n2c3ccccc3c3ccccc32)c(-n2c3ccccc3c3ccc4oc5ccccc5c4c32)c(-c2ccccc2)c(-n2c3ccccc3c3ccc4oc5ccccc5c4c32)c1-n1c2ccccc2c2ccccc21. The zero-order valence-corrected chi connectivity index (χ0v) is 42.7. The molecular formula is C73H41N5O2. The topological polar surface area (TPSA) is 50.4 Å². The highest BCUT2D eigenvalue weighted by atomic mass is 16.3. The van der Waals surface area contributed by atoms with Gasteiger partial charge in [-0.2, -0.15) is 0 Å². The number of benzene rings is 12. The average molecular weight is 1020 g/mol. The van der Waals surface area contributed by atoms with Crippen molar-refractivity contribution < 1.29 is 8.83 Å². The fourth-order valence-corrected chi connectivity index (χ4v) is 13.9. The molecule has 0 saturated heterocycles. The van der Waals surface area contributed by atoms with E-state index in [1.807, 2.05) is 12.1 Å². The molecule has 18 aromatic rings. The molecule has 0 N–H and O–H groups in total. The minimum Gasteiger partial charge on any atom is -0.456 e. The Hall–Kier alpha value is -11.1. The molecular weight excluding hydrogens is 979 g/mol. The lowest BCUT2D eigenvalue weighted by Gasteiger charge is -2.29. The summed E-state index contributed by atoms with van der Waals surface area (Å²) in [5.74, 6) is 0. The van der Waals surface area contributed by atoms with Crippen LogP contribution < -0.4 is 0 Å². The minimum absolute atomic E-state index is 0.484. The molecule has 0 aliphatic heterocycles. The third-order valence-corrected chi connectivity index (χ3v) is 16.9. The van der Waals surface area contributed by atoms with Crippen LogP contribution in [0.3, 0.4) is 0 Å². The van der Waals surface area contributed by atoms with Crippen molar-refractivity contribution in [2.45, 2.75) is 0 Å². The summed E-state index contributed by atoms with van der Waals surface area (Å²) in [7, 11) is 0. The van der Waals surface area contributed by atoms with Crippen molar-refractivity contribution in [1.29, 1.82) is 0 Å². The Morgan fingerprint density at radius 2 is 0.575 bits per heavy atom. The Labute approximate surface area is 455 Å². The highest BCUT2D eigenvalue weighted by Crippen LogP contribution is 2.56. The summed E-state index contributed by atoms with van der Waals surface area (Å²) in [6, 6.07) is 88.5. The Kier molecular flexibility index (Phi) is 8.61. The van der Waals surface area contributed by atoms with Crippen molar-refractivity contribution in [2.24, 2.45) is 0 Å². The summed E-state index contributed by atoms with van der Waals surface area (Å²) in [6.45, 7) is 10.2. The molecule has 0 radical (unpaired) electrons. The van der Waals surface area contributed by atoms with Gasteiger partial charge in [-0.25, -0.2) is 4.85 Å². The number of nitrogens with zero attached hydrogens (tertiary/aromatic N) is 5. The van der Waals surface area contributed by atoms with Crippen molar-refractivity contribution in [1.82, 2.24) is 18.3 Å². The van der Waals surface area contributed by atoms with Crippen LogP contribution in [0.25, 0.3) is 170 Å². The molecule has 18 rings (SSSR count). The second kappa shape index (κ2) is 16.0. The van der Waals surface area contributed by atoms with Gasteiger partial charge in [-0.3, -0.25) is 0 Å². The summed E-state index contributed by atoms with van der Waals surface area (Å²) in [5.41, 5.74) is 16.7. The highest BCUT2D eigenvalue weighted by Gasteiger charge is 2.36. The van der Waals surface area contributed by atoms with Crippen LogP contribution in [-0.2, 0) is 0 Å². The minimum atomic E-state index is 0.484. The summed E-state index contributed by atoms with van der Waals surface area (Å²) < 4.78 is 23.4. The van der Waals surface area contributed by atoms with E-state index < -0.39 is 0 Å². The molecule has 6 heterocycles. The number of hydrogen-bond acceptors (Lipinski definition) is 2. The average Bonchev–Trinajstić information content (AvgIpc) is 3.67. The Morgan fingerprint density at radius 1 is 0.263 bits per heavy atom. The molecule has 7 nitrogen and oxygen atoms in total. The molecule has 12 aromatic carbocycles. The van der Waals surface area contributed by atoms with Gasteiger partial charge in [-0.05, 0) is 78.4 Å². The zero-order valence-electron chi connectivity index (χ0n) is 42.7. The number of fused-ring (bicyclic) bond motifs is 20. The van der Waals surface area contributed by atoms with Gasteiger partial charge in [-0.15, -0.1) is 0 Å². The largest absolute Gasteiger partial charge is 0.456 e. The van der Waals surface area contributed by atoms with Crippen LogP contribution in [-0.4, -0.2) is 18.3 Å². The first-order chi connectivity index (χ1) is 39.7. The summed E-state index contributed by atoms with van der Waals surface area (Å²) >= 11 is 0. The van der Waals surface area contributed by atoms with Crippen LogP contribution in [0.15, 0.2) is 258 Å². The van der Waals surface area contributed by atoms with Gasteiger partial charge in [0.2, 0.25) is 5.69 Å². The van der Waals surface area contributed by atoms with Gasteiger partial charge in [0.1, 0.15) is 22.3 Å². The zero-order chi connectivity index (χ0) is 52.3. The third-order valence-electron chi connectivity index (χ3n) is 16.9. The van der Waals surface area contributed by atoms with E-state index in [0.717, 1.165) is 165 Å². The molecule has 0 unspecified atom stereocenters. The molecule has 0 spiro atoms. The molecule has 0 atom stereocenters. The lowest BCUT2D eigenvalue weighted by Crippen LogP contribution is -2.14. The Morgan fingerprint density at radius 3 is 0.950 bits per heavy atom. The molecule has 0 bridgehead atoms. The van der Waals surface area contributed by atoms with Crippen LogP contribution in [0.4, 0.5) is 5.69 Å².